The highest BCUT2D eigenvalue weighted by Crippen LogP contribution is 2.34. The van der Waals surface area contributed by atoms with Crippen molar-refractivity contribution in [2.24, 2.45) is 0 Å². The predicted molar refractivity (Wildman–Crippen MR) is 70.3 cm³/mol. The van der Waals surface area contributed by atoms with Gasteiger partial charge in [-0.3, -0.25) is 0 Å². The van der Waals surface area contributed by atoms with Crippen molar-refractivity contribution in [1.29, 1.82) is 0 Å². The SMILES string of the molecule is CCCCOCCCNc1ccccc1C(F)(F)F. The zero-order valence-corrected chi connectivity index (χ0v) is 11.1. The maximum Gasteiger partial charge on any atom is 0.418 e. The standard InChI is InChI=1S/C14H20F3NO/c1-2-3-10-19-11-6-9-18-13-8-5-4-7-12(13)14(15,16)17/h4-5,7-8,18H,2-3,6,9-11H2,1H3. The lowest BCUT2D eigenvalue weighted by atomic mass is 10.1. The van der Waals surface area contributed by atoms with Crippen LogP contribution in [0.3, 0.4) is 0 Å². The van der Waals surface area contributed by atoms with Gasteiger partial charge in [-0.1, -0.05) is 25.5 Å². The van der Waals surface area contributed by atoms with Gasteiger partial charge in [0.25, 0.3) is 0 Å². The van der Waals surface area contributed by atoms with Gasteiger partial charge in [-0.15, -0.1) is 0 Å². The van der Waals surface area contributed by atoms with E-state index >= 15 is 0 Å². The van der Waals surface area contributed by atoms with Crippen molar-refractivity contribution in [3.8, 4) is 0 Å². The Labute approximate surface area is 112 Å². The number of unbranched alkanes of at least 4 members (excludes halogenated alkanes) is 1. The summed E-state index contributed by atoms with van der Waals surface area (Å²) in [6.45, 7) is 3.84. The number of anilines is 1. The lowest BCUT2D eigenvalue weighted by Crippen LogP contribution is -2.12. The molecule has 1 N–H and O–H groups in total. The molecular formula is C14H20F3NO. The molecule has 2 nitrogen and oxygen atoms in total. The van der Waals surface area contributed by atoms with Crippen LogP contribution in [0.15, 0.2) is 24.3 Å². The Morgan fingerprint density at radius 3 is 2.47 bits per heavy atom. The van der Waals surface area contributed by atoms with Gasteiger partial charge in [0.1, 0.15) is 0 Å². The molecular weight excluding hydrogens is 255 g/mol. The van der Waals surface area contributed by atoms with E-state index in [4.69, 9.17) is 4.74 Å². The Morgan fingerprint density at radius 1 is 1.11 bits per heavy atom. The second-order valence-corrected chi connectivity index (χ2v) is 4.29. The number of benzene rings is 1. The average molecular weight is 275 g/mol. The van der Waals surface area contributed by atoms with Crippen LogP contribution in [0.2, 0.25) is 0 Å². The van der Waals surface area contributed by atoms with Gasteiger partial charge in [0, 0.05) is 25.4 Å². The Morgan fingerprint density at radius 2 is 1.79 bits per heavy atom. The molecule has 5 heteroatoms. The van der Waals surface area contributed by atoms with Crippen LogP contribution >= 0.6 is 0 Å². The monoisotopic (exact) mass is 275 g/mol. The Hall–Kier alpha value is -1.23. The summed E-state index contributed by atoms with van der Waals surface area (Å²) >= 11 is 0. The van der Waals surface area contributed by atoms with Crippen molar-refractivity contribution in [1.82, 2.24) is 0 Å². The van der Waals surface area contributed by atoms with Crippen molar-refractivity contribution in [3.63, 3.8) is 0 Å². The van der Waals surface area contributed by atoms with E-state index in [9.17, 15) is 13.2 Å². The van der Waals surface area contributed by atoms with Gasteiger partial charge in [-0.05, 0) is 25.0 Å². The first-order chi connectivity index (χ1) is 9.05. The molecule has 0 fully saturated rings. The Balaban J connectivity index is 2.33. The molecule has 0 aliphatic heterocycles. The molecule has 19 heavy (non-hydrogen) atoms. The van der Waals surface area contributed by atoms with E-state index in [0.29, 0.717) is 19.6 Å². The minimum Gasteiger partial charge on any atom is -0.384 e. The van der Waals surface area contributed by atoms with Crippen LogP contribution in [-0.4, -0.2) is 19.8 Å². The summed E-state index contributed by atoms with van der Waals surface area (Å²) in [5.74, 6) is 0. The van der Waals surface area contributed by atoms with Gasteiger partial charge < -0.3 is 10.1 Å². The van der Waals surface area contributed by atoms with Gasteiger partial charge in [-0.2, -0.15) is 13.2 Å². The maximum absolute atomic E-state index is 12.7. The minimum absolute atomic E-state index is 0.128. The van der Waals surface area contributed by atoms with Crippen LogP contribution < -0.4 is 5.32 Å². The topological polar surface area (TPSA) is 21.3 Å². The Bertz CT molecular complexity index is 366. The second kappa shape index (κ2) is 8.04. The molecule has 0 saturated heterocycles. The molecule has 0 bridgehead atoms. The lowest BCUT2D eigenvalue weighted by molar-refractivity contribution is -0.136. The number of para-hydroxylation sites is 1. The zero-order valence-electron chi connectivity index (χ0n) is 11.1. The van der Waals surface area contributed by atoms with E-state index in [0.717, 1.165) is 25.5 Å². The van der Waals surface area contributed by atoms with E-state index in [1.54, 1.807) is 6.07 Å². The van der Waals surface area contributed by atoms with Crippen molar-refractivity contribution < 1.29 is 17.9 Å². The first-order valence-electron chi connectivity index (χ1n) is 6.53. The molecule has 0 amide bonds. The van der Waals surface area contributed by atoms with E-state index in [2.05, 4.69) is 12.2 Å². The van der Waals surface area contributed by atoms with Crippen molar-refractivity contribution in [3.05, 3.63) is 29.8 Å². The van der Waals surface area contributed by atoms with Crippen molar-refractivity contribution >= 4 is 5.69 Å². The summed E-state index contributed by atoms with van der Waals surface area (Å²) in [6, 6.07) is 5.51. The fourth-order valence-electron chi connectivity index (χ4n) is 1.63. The van der Waals surface area contributed by atoms with Crippen molar-refractivity contribution in [2.75, 3.05) is 25.1 Å². The van der Waals surface area contributed by atoms with E-state index in [1.807, 2.05) is 0 Å². The highest BCUT2D eigenvalue weighted by molar-refractivity contribution is 5.52. The summed E-state index contributed by atoms with van der Waals surface area (Å²) in [4.78, 5) is 0. The van der Waals surface area contributed by atoms with Crippen LogP contribution in [0.25, 0.3) is 0 Å². The van der Waals surface area contributed by atoms with Crippen LogP contribution in [0.1, 0.15) is 31.7 Å². The highest BCUT2D eigenvalue weighted by atomic mass is 19.4. The lowest BCUT2D eigenvalue weighted by Gasteiger charge is -2.14. The van der Waals surface area contributed by atoms with Crippen LogP contribution in [0, 0.1) is 0 Å². The molecule has 0 atom stereocenters. The number of nitrogens with one attached hydrogen (secondary N) is 1. The van der Waals surface area contributed by atoms with E-state index < -0.39 is 11.7 Å². The number of rotatable bonds is 8. The molecule has 0 spiro atoms. The summed E-state index contributed by atoms with van der Waals surface area (Å²) in [5.41, 5.74) is -0.495. The fourth-order valence-corrected chi connectivity index (χ4v) is 1.63. The van der Waals surface area contributed by atoms with Gasteiger partial charge in [0.05, 0.1) is 5.56 Å². The summed E-state index contributed by atoms with van der Waals surface area (Å²) in [5, 5.41) is 2.81. The molecule has 0 unspecified atom stereocenters. The van der Waals surface area contributed by atoms with Crippen LogP contribution in [0.4, 0.5) is 18.9 Å². The predicted octanol–water partition coefficient (Wildman–Crippen LogP) is 4.32. The molecule has 0 radical (unpaired) electrons. The van der Waals surface area contributed by atoms with Crippen molar-refractivity contribution in [2.45, 2.75) is 32.4 Å². The highest BCUT2D eigenvalue weighted by Gasteiger charge is 2.32. The molecule has 1 rings (SSSR count). The summed E-state index contributed by atoms with van der Waals surface area (Å²) < 4.78 is 43.4. The molecule has 0 aromatic heterocycles. The molecule has 1 aromatic carbocycles. The summed E-state index contributed by atoms with van der Waals surface area (Å²) in [7, 11) is 0. The van der Waals surface area contributed by atoms with E-state index in [-0.39, 0.29) is 5.69 Å². The van der Waals surface area contributed by atoms with Crippen LogP contribution in [0.5, 0.6) is 0 Å². The molecule has 108 valence electrons. The average Bonchev–Trinajstić information content (AvgIpc) is 2.37. The molecule has 0 saturated carbocycles. The number of ether oxygens (including phenoxy) is 1. The molecule has 1 aromatic rings. The quantitative estimate of drug-likeness (QED) is 0.713. The van der Waals surface area contributed by atoms with Gasteiger partial charge in [0.2, 0.25) is 0 Å². The third-order valence-corrected chi connectivity index (χ3v) is 2.66. The third kappa shape index (κ3) is 5.96. The van der Waals surface area contributed by atoms with Gasteiger partial charge in [-0.25, -0.2) is 0 Å². The first-order valence-corrected chi connectivity index (χ1v) is 6.53. The Kier molecular flexibility index (Phi) is 6.70. The minimum atomic E-state index is -4.32. The first kappa shape index (κ1) is 15.8. The zero-order chi connectivity index (χ0) is 14.1. The second-order valence-electron chi connectivity index (χ2n) is 4.29. The molecule has 0 heterocycles. The number of hydrogen-bond donors (Lipinski definition) is 1. The van der Waals surface area contributed by atoms with Gasteiger partial charge >= 0.3 is 6.18 Å². The van der Waals surface area contributed by atoms with Gasteiger partial charge in [0.15, 0.2) is 0 Å². The number of alkyl halides is 3. The largest absolute Gasteiger partial charge is 0.418 e. The number of hydrogen-bond acceptors (Lipinski definition) is 2. The fraction of sp³-hybridized carbons (Fsp3) is 0.571. The van der Waals surface area contributed by atoms with Crippen LogP contribution in [-0.2, 0) is 10.9 Å². The van der Waals surface area contributed by atoms with E-state index in [1.165, 1.54) is 12.1 Å². The molecule has 0 aliphatic carbocycles. The maximum atomic E-state index is 12.7. The number of halogens is 3. The summed E-state index contributed by atoms with van der Waals surface area (Å²) in [6.07, 6.45) is -1.53. The smallest absolute Gasteiger partial charge is 0.384 e. The molecule has 0 aliphatic rings. The normalized spacial score (nSPS) is 11.6. The third-order valence-electron chi connectivity index (χ3n) is 2.66.